The number of fused-ring (bicyclic) bond motifs is 3. The van der Waals surface area contributed by atoms with Gasteiger partial charge in [0.1, 0.15) is 0 Å². The number of benzene rings is 3. The highest BCUT2D eigenvalue weighted by atomic mass is 14.1. The van der Waals surface area contributed by atoms with E-state index < -0.39 is 0 Å². The highest BCUT2D eigenvalue weighted by molar-refractivity contribution is 6.09. The third kappa shape index (κ3) is 1.52. The molecule has 0 saturated heterocycles. The molecule has 0 aromatic heterocycles. The van der Waals surface area contributed by atoms with Crippen LogP contribution in [0.2, 0.25) is 0 Å². The average Bonchev–Trinajstić information content (AvgIpc) is 2.32. The zero-order valence-electron chi connectivity index (χ0n) is 10.5. The first-order valence-electron chi connectivity index (χ1n) is 6.06. The van der Waals surface area contributed by atoms with Gasteiger partial charge < -0.3 is 0 Å². The summed E-state index contributed by atoms with van der Waals surface area (Å²) in [6.45, 7) is 6.57. The summed E-state index contributed by atoms with van der Waals surface area (Å²) >= 11 is 0. The van der Waals surface area contributed by atoms with E-state index in [4.69, 9.17) is 0 Å². The van der Waals surface area contributed by atoms with Crippen LogP contribution in [0.1, 0.15) is 16.7 Å². The predicted molar refractivity (Wildman–Crippen MR) is 75.7 cm³/mol. The molecule has 3 rings (SSSR count). The van der Waals surface area contributed by atoms with E-state index in [1.165, 1.54) is 38.2 Å². The molecule has 0 radical (unpaired) electrons. The minimum atomic E-state index is 1.33. The molecule has 0 aliphatic carbocycles. The molecule has 17 heavy (non-hydrogen) atoms. The number of rotatable bonds is 0. The SMILES string of the molecule is Cc1cc2c(C)cc3ccccc3c2cc1C. The molecule has 0 bridgehead atoms. The number of hydrogen-bond donors (Lipinski definition) is 0. The lowest BCUT2D eigenvalue weighted by molar-refractivity contribution is 1.36. The maximum absolute atomic E-state index is 2.32. The van der Waals surface area contributed by atoms with E-state index in [1.807, 2.05) is 0 Å². The minimum Gasteiger partial charge on any atom is -0.0616 e. The first-order valence-corrected chi connectivity index (χ1v) is 6.06. The Balaban J connectivity index is 2.60. The minimum absolute atomic E-state index is 1.33. The Morgan fingerprint density at radius 2 is 1.24 bits per heavy atom. The Bertz CT molecular complexity index is 721. The van der Waals surface area contributed by atoms with Gasteiger partial charge in [-0.15, -0.1) is 0 Å². The summed E-state index contributed by atoms with van der Waals surface area (Å²) in [5.41, 5.74) is 4.10. The van der Waals surface area contributed by atoms with Gasteiger partial charge >= 0.3 is 0 Å². The van der Waals surface area contributed by atoms with Crippen molar-refractivity contribution in [1.82, 2.24) is 0 Å². The molecule has 0 spiro atoms. The van der Waals surface area contributed by atoms with Crippen molar-refractivity contribution >= 4 is 21.5 Å². The summed E-state index contributed by atoms with van der Waals surface area (Å²) in [4.78, 5) is 0. The Kier molecular flexibility index (Phi) is 2.19. The highest BCUT2D eigenvalue weighted by Gasteiger charge is 2.05. The summed E-state index contributed by atoms with van der Waals surface area (Å²) in [5.74, 6) is 0. The third-order valence-corrected chi connectivity index (χ3v) is 3.68. The summed E-state index contributed by atoms with van der Waals surface area (Å²) in [6, 6.07) is 15.5. The predicted octanol–water partition coefficient (Wildman–Crippen LogP) is 4.92. The molecule has 0 unspecified atom stereocenters. The van der Waals surface area contributed by atoms with Crippen LogP contribution >= 0.6 is 0 Å². The highest BCUT2D eigenvalue weighted by Crippen LogP contribution is 2.30. The third-order valence-electron chi connectivity index (χ3n) is 3.68. The van der Waals surface area contributed by atoms with E-state index in [9.17, 15) is 0 Å². The first-order chi connectivity index (χ1) is 8.16. The molecule has 0 fully saturated rings. The molecular formula is C17H16. The summed E-state index contributed by atoms with van der Waals surface area (Å²) in [5, 5.41) is 5.45. The Hall–Kier alpha value is -1.82. The van der Waals surface area contributed by atoms with Crippen LogP contribution in [0.3, 0.4) is 0 Å². The van der Waals surface area contributed by atoms with Gasteiger partial charge in [-0.3, -0.25) is 0 Å². The van der Waals surface area contributed by atoms with E-state index in [0.29, 0.717) is 0 Å². The fraction of sp³-hybridized carbons (Fsp3) is 0.176. The van der Waals surface area contributed by atoms with Gasteiger partial charge in [-0.2, -0.15) is 0 Å². The summed E-state index contributed by atoms with van der Waals surface area (Å²) in [6.07, 6.45) is 0. The van der Waals surface area contributed by atoms with E-state index >= 15 is 0 Å². The number of aryl methyl sites for hydroxylation is 3. The Labute approximate surface area is 102 Å². The van der Waals surface area contributed by atoms with Crippen molar-refractivity contribution in [3.8, 4) is 0 Å². The molecular weight excluding hydrogens is 204 g/mol. The normalized spacial score (nSPS) is 11.2. The van der Waals surface area contributed by atoms with Crippen LogP contribution in [-0.4, -0.2) is 0 Å². The molecule has 0 nitrogen and oxygen atoms in total. The largest absolute Gasteiger partial charge is 0.0616 e. The van der Waals surface area contributed by atoms with Gasteiger partial charge in [-0.05, 0) is 59.0 Å². The van der Waals surface area contributed by atoms with Crippen LogP contribution in [-0.2, 0) is 0 Å². The average molecular weight is 220 g/mol. The van der Waals surface area contributed by atoms with Crippen LogP contribution in [0.5, 0.6) is 0 Å². The Morgan fingerprint density at radius 1 is 0.588 bits per heavy atom. The zero-order valence-corrected chi connectivity index (χ0v) is 10.5. The van der Waals surface area contributed by atoms with Crippen molar-refractivity contribution in [2.45, 2.75) is 20.8 Å². The maximum Gasteiger partial charge on any atom is -0.00999 e. The van der Waals surface area contributed by atoms with E-state index in [1.54, 1.807) is 0 Å². The van der Waals surface area contributed by atoms with Crippen molar-refractivity contribution in [3.05, 3.63) is 59.2 Å². The van der Waals surface area contributed by atoms with Gasteiger partial charge in [0.05, 0.1) is 0 Å². The summed E-state index contributed by atoms with van der Waals surface area (Å²) < 4.78 is 0. The van der Waals surface area contributed by atoms with E-state index in [2.05, 4.69) is 63.2 Å². The number of hydrogen-bond acceptors (Lipinski definition) is 0. The molecule has 0 amide bonds. The molecule has 0 atom stereocenters. The lowest BCUT2D eigenvalue weighted by atomic mass is 9.94. The molecule has 0 N–H and O–H groups in total. The van der Waals surface area contributed by atoms with Gasteiger partial charge in [-0.25, -0.2) is 0 Å². The molecule has 3 aromatic rings. The second kappa shape index (κ2) is 3.59. The van der Waals surface area contributed by atoms with Crippen molar-refractivity contribution in [2.24, 2.45) is 0 Å². The fourth-order valence-corrected chi connectivity index (χ4v) is 2.54. The van der Waals surface area contributed by atoms with Gasteiger partial charge in [0.15, 0.2) is 0 Å². The van der Waals surface area contributed by atoms with Gasteiger partial charge in [0.25, 0.3) is 0 Å². The van der Waals surface area contributed by atoms with E-state index in [0.717, 1.165) is 0 Å². The van der Waals surface area contributed by atoms with Crippen molar-refractivity contribution < 1.29 is 0 Å². The van der Waals surface area contributed by atoms with Gasteiger partial charge in [0.2, 0.25) is 0 Å². The fourth-order valence-electron chi connectivity index (χ4n) is 2.54. The second-order valence-corrected chi connectivity index (χ2v) is 4.90. The molecule has 0 aliphatic rings. The molecule has 0 aliphatic heterocycles. The molecule has 0 saturated carbocycles. The lowest BCUT2D eigenvalue weighted by Crippen LogP contribution is -1.86. The van der Waals surface area contributed by atoms with Gasteiger partial charge in [-0.1, -0.05) is 42.5 Å². The molecule has 3 aromatic carbocycles. The Morgan fingerprint density at radius 3 is 2.00 bits per heavy atom. The lowest BCUT2D eigenvalue weighted by Gasteiger charge is -2.10. The van der Waals surface area contributed by atoms with Crippen LogP contribution in [0.4, 0.5) is 0 Å². The quantitative estimate of drug-likeness (QED) is 0.472. The molecule has 0 heterocycles. The monoisotopic (exact) mass is 220 g/mol. The standard InChI is InChI=1S/C17H16/c1-11-9-16-13(3)8-14-6-4-5-7-15(14)17(16)10-12(11)2/h4-10H,1-3H3. The van der Waals surface area contributed by atoms with Crippen molar-refractivity contribution in [1.29, 1.82) is 0 Å². The van der Waals surface area contributed by atoms with Crippen LogP contribution in [0, 0.1) is 20.8 Å². The second-order valence-electron chi connectivity index (χ2n) is 4.90. The van der Waals surface area contributed by atoms with Crippen LogP contribution in [0.25, 0.3) is 21.5 Å². The van der Waals surface area contributed by atoms with Crippen molar-refractivity contribution in [3.63, 3.8) is 0 Å². The van der Waals surface area contributed by atoms with Gasteiger partial charge in [0, 0.05) is 0 Å². The smallest absolute Gasteiger partial charge is 0.00999 e. The maximum atomic E-state index is 2.32. The van der Waals surface area contributed by atoms with Crippen LogP contribution < -0.4 is 0 Å². The topological polar surface area (TPSA) is 0 Å². The zero-order chi connectivity index (χ0) is 12.0. The first kappa shape index (κ1) is 10.3. The molecule has 84 valence electrons. The van der Waals surface area contributed by atoms with E-state index in [-0.39, 0.29) is 0 Å². The van der Waals surface area contributed by atoms with Crippen LogP contribution in [0.15, 0.2) is 42.5 Å². The van der Waals surface area contributed by atoms with Crippen molar-refractivity contribution in [2.75, 3.05) is 0 Å². The molecule has 0 heteroatoms. The summed E-state index contributed by atoms with van der Waals surface area (Å²) in [7, 11) is 0.